The van der Waals surface area contributed by atoms with Crippen LogP contribution in [0.1, 0.15) is 24.2 Å². The van der Waals surface area contributed by atoms with Crippen molar-refractivity contribution in [2.75, 3.05) is 11.9 Å². The van der Waals surface area contributed by atoms with Crippen molar-refractivity contribution in [1.82, 2.24) is 0 Å². The van der Waals surface area contributed by atoms with Crippen molar-refractivity contribution in [2.45, 2.75) is 13.8 Å². The molecule has 18 heavy (non-hydrogen) atoms. The molecule has 0 bridgehead atoms. The van der Waals surface area contributed by atoms with Crippen molar-refractivity contribution in [3.8, 4) is 0 Å². The standard InChI is InChI=1S/C11H13FN2O4/c1-6(2)5-13-9-3-7(11(15)16)10(14(17)18)4-8(9)12/h3-4,6,13H,5H2,1-2H3,(H,15,16). The fourth-order valence-corrected chi connectivity index (χ4v) is 1.33. The first-order valence-corrected chi connectivity index (χ1v) is 5.28. The molecule has 2 N–H and O–H groups in total. The molecule has 0 atom stereocenters. The number of carboxylic acid groups (broad SMARTS) is 1. The number of hydrogen-bond acceptors (Lipinski definition) is 4. The summed E-state index contributed by atoms with van der Waals surface area (Å²) in [7, 11) is 0. The van der Waals surface area contributed by atoms with Crippen LogP contribution in [0.5, 0.6) is 0 Å². The molecule has 6 nitrogen and oxygen atoms in total. The second kappa shape index (κ2) is 5.44. The van der Waals surface area contributed by atoms with E-state index in [0.29, 0.717) is 12.6 Å². The minimum atomic E-state index is -1.46. The average Bonchev–Trinajstić information content (AvgIpc) is 2.26. The summed E-state index contributed by atoms with van der Waals surface area (Å²) >= 11 is 0. The van der Waals surface area contributed by atoms with Gasteiger partial charge in [0.2, 0.25) is 0 Å². The number of hydrogen-bond donors (Lipinski definition) is 2. The Hall–Kier alpha value is -2.18. The molecule has 0 aromatic heterocycles. The Kier molecular flexibility index (Phi) is 4.19. The second-order valence-electron chi connectivity index (χ2n) is 4.19. The van der Waals surface area contributed by atoms with Crippen molar-refractivity contribution in [2.24, 2.45) is 5.92 Å². The van der Waals surface area contributed by atoms with E-state index in [1.807, 2.05) is 13.8 Å². The van der Waals surface area contributed by atoms with E-state index in [9.17, 15) is 19.3 Å². The minimum absolute atomic E-state index is 0.0494. The summed E-state index contributed by atoms with van der Waals surface area (Å²) in [5.41, 5.74) is -1.34. The molecule has 0 saturated heterocycles. The molecule has 0 aliphatic carbocycles. The van der Waals surface area contributed by atoms with Gasteiger partial charge in [0.1, 0.15) is 5.56 Å². The van der Waals surface area contributed by atoms with E-state index in [1.54, 1.807) is 0 Å². The number of anilines is 1. The van der Waals surface area contributed by atoms with E-state index >= 15 is 0 Å². The van der Waals surface area contributed by atoms with E-state index in [2.05, 4.69) is 5.32 Å². The zero-order valence-corrected chi connectivity index (χ0v) is 9.94. The Labute approximate surface area is 103 Å². The van der Waals surface area contributed by atoms with E-state index in [1.165, 1.54) is 0 Å². The van der Waals surface area contributed by atoms with E-state index in [4.69, 9.17) is 5.11 Å². The summed E-state index contributed by atoms with van der Waals surface area (Å²) in [6.45, 7) is 4.23. The van der Waals surface area contributed by atoms with Crippen LogP contribution in [-0.4, -0.2) is 22.5 Å². The number of nitro groups is 1. The van der Waals surface area contributed by atoms with E-state index < -0.39 is 28.0 Å². The number of rotatable bonds is 5. The molecule has 7 heteroatoms. The summed E-state index contributed by atoms with van der Waals surface area (Å²) in [6, 6.07) is 1.56. The zero-order valence-electron chi connectivity index (χ0n) is 9.94. The minimum Gasteiger partial charge on any atom is -0.477 e. The Balaban J connectivity index is 3.19. The molecule has 98 valence electrons. The predicted octanol–water partition coefficient (Wildman–Crippen LogP) is 2.50. The Bertz CT molecular complexity index is 488. The highest BCUT2D eigenvalue weighted by atomic mass is 19.1. The number of nitrogens with zero attached hydrogens (tertiary/aromatic N) is 1. The van der Waals surface area contributed by atoms with Gasteiger partial charge in [0.05, 0.1) is 16.7 Å². The van der Waals surface area contributed by atoms with Crippen LogP contribution < -0.4 is 5.32 Å². The number of aromatic carboxylic acids is 1. The molecule has 0 heterocycles. The number of nitro benzene ring substituents is 1. The lowest BCUT2D eigenvalue weighted by molar-refractivity contribution is -0.385. The maximum absolute atomic E-state index is 13.5. The van der Waals surface area contributed by atoms with Crippen LogP contribution in [0.4, 0.5) is 15.8 Å². The smallest absolute Gasteiger partial charge is 0.342 e. The van der Waals surface area contributed by atoms with Crippen molar-refractivity contribution in [1.29, 1.82) is 0 Å². The van der Waals surface area contributed by atoms with Crippen LogP contribution in [0.3, 0.4) is 0 Å². The van der Waals surface area contributed by atoms with Gasteiger partial charge in [-0.2, -0.15) is 0 Å². The van der Waals surface area contributed by atoms with Crippen LogP contribution in [0, 0.1) is 21.8 Å². The van der Waals surface area contributed by atoms with Gasteiger partial charge in [0.15, 0.2) is 5.82 Å². The van der Waals surface area contributed by atoms with Gasteiger partial charge in [-0.25, -0.2) is 9.18 Å². The van der Waals surface area contributed by atoms with Gasteiger partial charge in [-0.15, -0.1) is 0 Å². The Morgan fingerprint density at radius 3 is 2.61 bits per heavy atom. The molecule has 0 spiro atoms. The number of nitrogens with one attached hydrogen (secondary N) is 1. The van der Waals surface area contributed by atoms with E-state index in [-0.39, 0.29) is 11.6 Å². The highest BCUT2D eigenvalue weighted by Crippen LogP contribution is 2.26. The number of benzene rings is 1. The fraction of sp³-hybridized carbons (Fsp3) is 0.364. The zero-order chi connectivity index (χ0) is 13.9. The molecule has 0 radical (unpaired) electrons. The van der Waals surface area contributed by atoms with Gasteiger partial charge in [0.25, 0.3) is 5.69 Å². The van der Waals surface area contributed by atoms with Crippen molar-refractivity contribution in [3.63, 3.8) is 0 Å². The van der Waals surface area contributed by atoms with Crippen LogP contribution in [-0.2, 0) is 0 Å². The largest absolute Gasteiger partial charge is 0.477 e. The second-order valence-corrected chi connectivity index (χ2v) is 4.19. The third-order valence-electron chi connectivity index (χ3n) is 2.21. The van der Waals surface area contributed by atoms with Crippen molar-refractivity contribution < 1.29 is 19.2 Å². The molecule has 0 aliphatic heterocycles. The van der Waals surface area contributed by atoms with Gasteiger partial charge >= 0.3 is 5.97 Å². The maximum Gasteiger partial charge on any atom is 0.342 e. The molecule has 0 fully saturated rings. The Morgan fingerprint density at radius 2 is 2.17 bits per heavy atom. The SMILES string of the molecule is CC(C)CNc1cc(C(=O)O)c([N+](=O)[O-])cc1F. The van der Waals surface area contributed by atoms with Crippen LogP contribution >= 0.6 is 0 Å². The Morgan fingerprint density at radius 1 is 1.56 bits per heavy atom. The van der Waals surface area contributed by atoms with Crippen LogP contribution in [0.25, 0.3) is 0 Å². The summed E-state index contributed by atoms with van der Waals surface area (Å²) in [4.78, 5) is 20.6. The average molecular weight is 256 g/mol. The molecular weight excluding hydrogens is 243 g/mol. The maximum atomic E-state index is 13.5. The molecule has 1 aromatic carbocycles. The quantitative estimate of drug-likeness (QED) is 0.623. The molecule has 0 aliphatic rings. The first kappa shape index (κ1) is 13.9. The van der Waals surface area contributed by atoms with Crippen molar-refractivity contribution in [3.05, 3.63) is 33.6 Å². The molecule has 1 aromatic rings. The lowest BCUT2D eigenvalue weighted by Crippen LogP contribution is -2.11. The monoisotopic (exact) mass is 256 g/mol. The number of carboxylic acids is 1. The summed E-state index contributed by atoms with van der Waals surface area (Å²) in [5, 5.41) is 22.2. The summed E-state index contributed by atoms with van der Waals surface area (Å²) in [5.74, 6) is -2.07. The van der Waals surface area contributed by atoms with Gasteiger partial charge in [0, 0.05) is 6.54 Å². The van der Waals surface area contributed by atoms with Crippen LogP contribution in [0.15, 0.2) is 12.1 Å². The van der Waals surface area contributed by atoms with Gasteiger partial charge in [-0.3, -0.25) is 10.1 Å². The van der Waals surface area contributed by atoms with Crippen LogP contribution in [0.2, 0.25) is 0 Å². The first-order chi connectivity index (χ1) is 8.32. The third kappa shape index (κ3) is 3.16. The molecule has 0 amide bonds. The van der Waals surface area contributed by atoms with Gasteiger partial charge in [-0.05, 0) is 12.0 Å². The predicted molar refractivity (Wildman–Crippen MR) is 63.3 cm³/mol. The number of carbonyl (C=O) groups is 1. The highest BCUT2D eigenvalue weighted by Gasteiger charge is 2.23. The first-order valence-electron chi connectivity index (χ1n) is 5.28. The summed E-state index contributed by atoms with van der Waals surface area (Å²) in [6.07, 6.45) is 0. The summed E-state index contributed by atoms with van der Waals surface area (Å²) < 4.78 is 13.5. The topological polar surface area (TPSA) is 92.5 Å². The van der Waals surface area contributed by atoms with Gasteiger partial charge in [-0.1, -0.05) is 13.8 Å². The lowest BCUT2D eigenvalue weighted by Gasteiger charge is -2.10. The molecule has 1 rings (SSSR count). The lowest BCUT2D eigenvalue weighted by atomic mass is 10.1. The highest BCUT2D eigenvalue weighted by molar-refractivity contribution is 5.93. The molecule has 0 unspecified atom stereocenters. The number of halogens is 1. The normalized spacial score (nSPS) is 10.4. The van der Waals surface area contributed by atoms with Gasteiger partial charge < -0.3 is 10.4 Å². The fourth-order valence-electron chi connectivity index (χ4n) is 1.33. The van der Waals surface area contributed by atoms with Crippen molar-refractivity contribution >= 4 is 17.3 Å². The molecular formula is C11H13FN2O4. The van der Waals surface area contributed by atoms with E-state index in [0.717, 1.165) is 6.07 Å². The third-order valence-corrected chi connectivity index (χ3v) is 2.21. The molecule has 0 saturated carbocycles.